The first-order valence-corrected chi connectivity index (χ1v) is 5.85. The molecule has 0 amide bonds. The minimum Gasteiger partial charge on any atom is -0.392 e. The molecular formula is C11H22N2O. The predicted molar refractivity (Wildman–Crippen MR) is 57.3 cm³/mol. The molecule has 1 aliphatic heterocycles. The van der Waals surface area contributed by atoms with Gasteiger partial charge in [0.25, 0.3) is 0 Å². The van der Waals surface area contributed by atoms with E-state index in [1.807, 2.05) is 0 Å². The zero-order valence-electron chi connectivity index (χ0n) is 9.08. The van der Waals surface area contributed by atoms with Gasteiger partial charge in [0.15, 0.2) is 0 Å². The molecule has 3 nitrogen and oxygen atoms in total. The van der Waals surface area contributed by atoms with E-state index in [-0.39, 0.29) is 6.10 Å². The van der Waals surface area contributed by atoms with Crippen LogP contribution >= 0.6 is 0 Å². The van der Waals surface area contributed by atoms with Gasteiger partial charge in [-0.25, -0.2) is 0 Å². The lowest BCUT2D eigenvalue weighted by Gasteiger charge is -2.32. The number of nitrogens with zero attached hydrogens (tertiary/aromatic N) is 1. The minimum atomic E-state index is -0.121. The molecule has 1 heterocycles. The number of hydrogen-bond acceptors (Lipinski definition) is 3. The second-order valence-electron chi connectivity index (χ2n) is 4.89. The van der Waals surface area contributed by atoms with E-state index in [4.69, 9.17) is 0 Å². The van der Waals surface area contributed by atoms with Crippen LogP contribution in [0.25, 0.3) is 0 Å². The molecule has 1 unspecified atom stereocenters. The number of piperidine rings is 1. The Balaban J connectivity index is 1.65. The quantitative estimate of drug-likeness (QED) is 0.688. The Labute approximate surface area is 86.5 Å². The maximum Gasteiger partial charge on any atom is 0.0693 e. The van der Waals surface area contributed by atoms with Crippen LogP contribution in [0.15, 0.2) is 0 Å². The summed E-state index contributed by atoms with van der Waals surface area (Å²) in [6.07, 6.45) is 4.80. The molecule has 1 aliphatic carbocycles. The number of aliphatic hydroxyl groups is 1. The van der Waals surface area contributed by atoms with Gasteiger partial charge in [-0.2, -0.15) is 0 Å². The van der Waals surface area contributed by atoms with E-state index in [2.05, 4.69) is 17.3 Å². The smallest absolute Gasteiger partial charge is 0.0693 e. The second kappa shape index (κ2) is 4.60. The SMILES string of the molecule is CN1CCC(C(O)CNC2CC2)CC1. The largest absolute Gasteiger partial charge is 0.392 e. The van der Waals surface area contributed by atoms with Crippen molar-refractivity contribution in [2.24, 2.45) is 5.92 Å². The molecule has 0 aromatic heterocycles. The average molecular weight is 198 g/mol. The summed E-state index contributed by atoms with van der Waals surface area (Å²) in [5.74, 6) is 0.525. The lowest BCUT2D eigenvalue weighted by Crippen LogP contribution is -2.40. The van der Waals surface area contributed by atoms with Gasteiger partial charge in [0.2, 0.25) is 0 Å². The summed E-state index contributed by atoms with van der Waals surface area (Å²) in [5, 5.41) is 13.4. The van der Waals surface area contributed by atoms with Crippen molar-refractivity contribution >= 4 is 0 Å². The summed E-state index contributed by atoms with van der Waals surface area (Å²) < 4.78 is 0. The van der Waals surface area contributed by atoms with Crippen molar-refractivity contribution in [1.29, 1.82) is 0 Å². The molecule has 2 fully saturated rings. The van der Waals surface area contributed by atoms with E-state index in [0.29, 0.717) is 5.92 Å². The molecule has 1 saturated heterocycles. The van der Waals surface area contributed by atoms with Gasteiger partial charge in [-0.15, -0.1) is 0 Å². The van der Waals surface area contributed by atoms with E-state index >= 15 is 0 Å². The fourth-order valence-corrected chi connectivity index (χ4v) is 2.15. The van der Waals surface area contributed by atoms with E-state index < -0.39 is 0 Å². The molecule has 0 radical (unpaired) electrons. The molecule has 82 valence electrons. The van der Waals surface area contributed by atoms with Gasteiger partial charge >= 0.3 is 0 Å². The van der Waals surface area contributed by atoms with Gasteiger partial charge in [0, 0.05) is 12.6 Å². The highest BCUT2D eigenvalue weighted by atomic mass is 16.3. The third-order valence-electron chi connectivity index (χ3n) is 3.50. The van der Waals surface area contributed by atoms with Gasteiger partial charge in [-0.3, -0.25) is 0 Å². The maximum atomic E-state index is 9.96. The Bertz CT molecular complexity index is 174. The van der Waals surface area contributed by atoms with E-state index in [0.717, 1.165) is 38.5 Å². The molecule has 2 rings (SSSR count). The summed E-state index contributed by atoms with van der Waals surface area (Å²) in [4.78, 5) is 2.34. The summed E-state index contributed by atoms with van der Waals surface area (Å²) >= 11 is 0. The van der Waals surface area contributed by atoms with Gasteiger partial charge in [0.1, 0.15) is 0 Å². The van der Waals surface area contributed by atoms with Crippen molar-refractivity contribution in [1.82, 2.24) is 10.2 Å². The topological polar surface area (TPSA) is 35.5 Å². The van der Waals surface area contributed by atoms with Crippen LogP contribution < -0.4 is 5.32 Å². The highest BCUT2D eigenvalue weighted by Crippen LogP contribution is 2.22. The molecule has 0 aromatic carbocycles. The van der Waals surface area contributed by atoms with Gasteiger partial charge in [-0.1, -0.05) is 0 Å². The standard InChI is InChI=1S/C11H22N2O/c1-13-6-4-9(5-7-13)11(14)8-12-10-2-3-10/h9-12,14H,2-8H2,1H3. The van der Waals surface area contributed by atoms with Crippen LogP contribution in [0.1, 0.15) is 25.7 Å². The van der Waals surface area contributed by atoms with Crippen LogP contribution in [-0.2, 0) is 0 Å². The molecule has 0 bridgehead atoms. The average Bonchev–Trinajstić information content (AvgIpc) is 2.99. The lowest BCUT2D eigenvalue weighted by molar-refractivity contribution is 0.0657. The van der Waals surface area contributed by atoms with Crippen molar-refractivity contribution in [3.63, 3.8) is 0 Å². The third-order valence-corrected chi connectivity index (χ3v) is 3.50. The second-order valence-corrected chi connectivity index (χ2v) is 4.89. The monoisotopic (exact) mass is 198 g/mol. The molecular weight excluding hydrogens is 176 g/mol. The molecule has 2 N–H and O–H groups in total. The van der Waals surface area contributed by atoms with Crippen LogP contribution in [0.5, 0.6) is 0 Å². The first-order chi connectivity index (χ1) is 6.75. The first-order valence-electron chi connectivity index (χ1n) is 5.85. The van der Waals surface area contributed by atoms with Crippen molar-refractivity contribution in [2.45, 2.75) is 37.8 Å². The number of hydrogen-bond donors (Lipinski definition) is 2. The highest BCUT2D eigenvalue weighted by molar-refractivity contribution is 4.84. The fraction of sp³-hybridized carbons (Fsp3) is 1.00. The van der Waals surface area contributed by atoms with Crippen LogP contribution in [0, 0.1) is 5.92 Å². The van der Waals surface area contributed by atoms with Crippen LogP contribution in [-0.4, -0.2) is 48.8 Å². The first kappa shape index (κ1) is 10.4. The summed E-state index contributed by atoms with van der Waals surface area (Å²) in [6, 6.07) is 0.718. The Kier molecular flexibility index (Phi) is 3.42. The Morgan fingerprint density at radius 3 is 2.50 bits per heavy atom. The number of aliphatic hydroxyl groups excluding tert-OH is 1. The van der Waals surface area contributed by atoms with Gasteiger partial charge < -0.3 is 15.3 Å². The Morgan fingerprint density at radius 2 is 1.93 bits per heavy atom. The Morgan fingerprint density at radius 1 is 1.29 bits per heavy atom. The summed E-state index contributed by atoms with van der Waals surface area (Å²) in [6.45, 7) is 3.09. The van der Waals surface area contributed by atoms with E-state index in [1.54, 1.807) is 0 Å². The summed E-state index contributed by atoms with van der Waals surface area (Å²) in [7, 11) is 2.16. The van der Waals surface area contributed by atoms with Crippen molar-refractivity contribution in [2.75, 3.05) is 26.7 Å². The summed E-state index contributed by atoms with van der Waals surface area (Å²) in [5.41, 5.74) is 0. The molecule has 3 heteroatoms. The molecule has 1 atom stereocenters. The third kappa shape index (κ3) is 2.94. The molecule has 14 heavy (non-hydrogen) atoms. The number of rotatable bonds is 4. The van der Waals surface area contributed by atoms with E-state index in [9.17, 15) is 5.11 Å². The minimum absolute atomic E-state index is 0.121. The Hall–Kier alpha value is -0.120. The number of likely N-dealkylation sites (tertiary alicyclic amines) is 1. The zero-order chi connectivity index (χ0) is 9.97. The molecule has 0 spiro atoms. The van der Waals surface area contributed by atoms with Crippen LogP contribution in [0.4, 0.5) is 0 Å². The van der Waals surface area contributed by atoms with Crippen LogP contribution in [0.3, 0.4) is 0 Å². The van der Waals surface area contributed by atoms with Crippen molar-refractivity contribution < 1.29 is 5.11 Å². The fourth-order valence-electron chi connectivity index (χ4n) is 2.15. The van der Waals surface area contributed by atoms with Gasteiger partial charge in [0.05, 0.1) is 6.10 Å². The molecule has 2 aliphatic rings. The maximum absolute atomic E-state index is 9.96. The molecule has 1 saturated carbocycles. The normalized spacial score (nSPS) is 27.9. The van der Waals surface area contributed by atoms with Gasteiger partial charge in [-0.05, 0) is 51.7 Å². The number of nitrogens with one attached hydrogen (secondary N) is 1. The van der Waals surface area contributed by atoms with Crippen molar-refractivity contribution in [3.05, 3.63) is 0 Å². The lowest BCUT2D eigenvalue weighted by atomic mass is 9.91. The zero-order valence-corrected chi connectivity index (χ0v) is 9.08. The highest BCUT2D eigenvalue weighted by Gasteiger charge is 2.26. The molecule has 0 aromatic rings. The van der Waals surface area contributed by atoms with Crippen LogP contribution in [0.2, 0.25) is 0 Å². The predicted octanol–water partition coefficient (Wildman–Crippen LogP) is 0.441. The van der Waals surface area contributed by atoms with Crippen molar-refractivity contribution in [3.8, 4) is 0 Å². The van der Waals surface area contributed by atoms with E-state index in [1.165, 1.54) is 12.8 Å².